The topological polar surface area (TPSA) is 94.9 Å². The number of nitrogens with one attached hydrogen (secondary N) is 1. The minimum Gasteiger partial charge on any atom is -0.454 e. The minimum atomic E-state index is -0.337. The first-order valence-corrected chi connectivity index (χ1v) is 15.1. The number of fused-ring (bicyclic) bond motifs is 2. The molecule has 0 saturated carbocycles. The van der Waals surface area contributed by atoms with Gasteiger partial charge in [-0.2, -0.15) is 5.10 Å². The summed E-state index contributed by atoms with van der Waals surface area (Å²) in [5.74, 6) is 1.88. The van der Waals surface area contributed by atoms with Crippen LogP contribution in [0.5, 0.6) is 11.5 Å². The molecule has 1 saturated heterocycles. The molecule has 2 amide bonds. The Kier molecular flexibility index (Phi) is 7.46. The van der Waals surface area contributed by atoms with E-state index in [1.165, 1.54) is 0 Å². The van der Waals surface area contributed by atoms with Gasteiger partial charge in [0.05, 0.1) is 28.5 Å². The molecule has 9 nitrogen and oxygen atoms in total. The molecule has 6 rings (SSSR count). The fourth-order valence-corrected chi connectivity index (χ4v) is 6.70. The molecule has 10 heteroatoms. The SMILES string of the molecule is Cc1ccc(-n2nc(C(C)(C)C)c3c2N(CC(=O)NC[C@@H]2CCCO2)C(=O)CS[C@@H]3c2ccc3c(c2)OCO3)cc1. The van der Waals surface area contributed by atoms with Gasteiger partial charge in [-0.3, -0.25) is 14.5 Å². The number of rotatable bonds is 6. The Morgan fingerprint density at radius 3 is 2.63 bits per heavy atom. The smallest absolute Gasteiger partial charge is 0.240 e. The van der Waals surface area contributed by atoms with E-state index in [0.29, 0.717) is 23.9 Å². The number of benzene rings is 2. The zero-order valence-corrected chi connectivity index (χ0v) is 24.8. The largest absolute Gasteiger partial charge is 0.454 e. The summed E-state index contributed by atoms with van der Waals surface area (Å²) in [4.78, 5) is 28.7. The van der Waals surface area contributed by atoms with E-state index in [-0.39, 0.29) is 47.7 Å². The lowest BCUT2D eigenvalue weighted by molar-refractivity contribution is -0.123. The molecule has 0 bridgehead atoms. The Labute approximate surface area is 244 Å². The second-order valence-electron chi connectivity index (χ2n) is 11.8. The van der Waals surface area contributed by atoms with Crippen molar-refractivity contribution in [2.24, 2.45) is 0 Å². The first-order chi connectivity index (χ1) is 19.7. The van der Waals surface area contributed by atoms with E-state index in [2.05, 4.69) is 26.1 Å². The van der Waals surface area contributed by atoms with Crippen LogP contribution < -0.4 is 19.7 Å². The quantitative estimate of drug-likeness (QED) is 0.456. The number of carbonyl (C=O) groups is 2. The van der Waals surface area contributed by atoms with Crippen molar-refractivity contribution in [2.45, 2.75) is 57.3 Å². The highest BCUT2D eigenvalue weighted by molar-refractivity contribution is 8.00. The van der Waals surface area contributed by atoms with E-state index in [1.54, 1.807) is 16.7 Å². The van der Waals surface area contributed by atoms with E-state index in [4.69, 9.17) is 19.3 Å². The summed E-state index contributed by atoms with van der Waals surface area (Å²) in [6, 6.07) is 14.0. The highest BCUT2D eigenvalue weighted by atomic mass is 32.2. The normalized spacial score (nSPS) is 20.2. The molecule has 3 aromatic rings. The molecule has 4 heterocycles. The Hall–Kier alpha value is -3.50. The molecule has 216 valence electrons. The molecule has 3 aliphatic heterocycles. The number of thioether (sulfide) groups is 1. The van der Waals surface area contributed by atoms with Gasteiger partial charge in [-0.25, -0.2) is 4.68 Å². The molecule has 41 heavy (non-hydrogen) atoms. The fourth-order valence-electron chi connectivity index (χ4n) is 5.51. The maximum absolute atomic E-state index is 13.8. The molecule has 0 unspecified atom stereocenters. The van der Waals surface area contributed by atoms with Gasteiger partial charge in [0.25, 0.3) is 0 Å². The van der Waals surface area contributed by atoms with E-state index >= 15 is 0 Å². The molecular formula is C31H36N4O5S. The second-order valence-corrected chi connectivity index (χ2v) is 12.9. The zero-order chi connectivity index (χ0) is 28.7. The van der Waals surface area contributed by atoms with Crippen LogP contribution in [0.25, 0.3) is 5.69 Å². The Morgan fingerprint density at radius 1 is 1.12 bits per heavy atom. The molecule has 2 atom stereocenters. The molecule has 0 radical (unpaired) electrons. The summed E-state index contributed by atoms with van der Waals surface area (Å²) in [6.07, 6.45) is 1.94. The monoisotopic (exact) mass is 576 g/mol. The van der Waals surface area contributed by atoms with Crippen LogP contribution in [0.3, 0.4) is 0 Å². The lowest BCUT2D eigenvalue weighted by Crippen LogP contribution is -2.44. The van der Waals surface area contributed by atoms with Crippen LogP contribution in [0, 0.1) is 6.92 Å². The molecule has 1 N–H and O–H groups in total. The van der Waals surface area contributed by atoms with Crippen LogP contribution in [0.1, 0.15) is 61.2 Å². The number of nitrogens with zero attached hydrogens (tertiary/aromatic N) is 3. The summed E-state index contributed by atoms with van der Waals surface area (Å²) >= 11 is 1.55. The summed E-state index contributed by atoms with van der Waals surface area (Å²) in [7, 11) is 0. The van der Waals surface area contributed by atoms with Crippen molar-refractivity contribution in [3.8, 4) is 17.2 Å². The lowest BCUT2D eigenvalue weighted by atomic mass is 9.87. The number of ether oxygens (including phenoxy) is 3. The molecule has 0 aliphatic carbocycles. The second kappa shape index (κ2) is 11.1. The molecule has 0 spiro atoms. The summed E-state index contributed by atoms with van der Waals surface area (Å²) in [5, 5.41) is 7.94. The third kappa shape index (κ3) is 5.55. The van der Waals surface area contributed by atoms with E-state index in [0.717, 1.165) is 47.5 Å². The molecule has 3 aliphatic rings. The van der Waals surface area contributed by atoms with E-state index < -0.39 is 0 Å². The van der Waals surface area contributed by atoms with Crippen LogP contribution in [-0.2, 0) is 19.7 Å². The van der Waals surface area contributed by atoms with Gasteiger partial charge in [-0.1, -0.05) is 44.5 Å². The van der Waals surface area contributed by atoms with Gasteiger partial charge in [0.1, 0.15) is 12.4 Å². The van der Waals surface area contributed by atoms with Crippen LogP contribution in [0.2, 0.25) is 0 Å². The first kappa shape index (κ1) is 27.7. The van der Waals surface area contributed by atoms with E-state index in [1.807, 2.05) is 54.1 Å². The average Bonchev–Trinajstić information content (AvgIpc) is 3.69. The van der Waals surface area contributed by atoms with Gasteiger partial charge in [0.15, 0.2) is 11.5 Å². The van der Waals surface area contributed by atoms with Crippen molar-refractivity contribution in [1.29, 1.82) is 0 Å². The van der Waals surface area contributed by atoms with Gasteiger partial charge >= 0.3 is 0 Å². The van der Waals surface area contributed by atoms with Gasteiger partial charge in [0.2, 0.25) is 18.6 Å². The standard InChI is InChI=1S/C31H36N4O5S/c1-19-7-10-21(11-8-19)35-30-27(29(33-35)31(2,3)4)28(20-9-12-23-24(14-20)40-18-39-23)41-17-26(37)34(30)16-25(36)32-15-22-6-5-13-38-22/h7-12,14,22,28H,5-6,13,15-18H2,1-4H3,(H,32,36)/t22-,28+/m0/s1. The number of hydrogen-bond acceptors (Lipinski definition) is 7. The zero-order valence-electron chi connectivity index (χ0n) is 23.9. The van der Waals surface area contributed by atoms with Crippen molar-refractivity contribution >= 4 is 29.4 Å². The number of hydrogen-bond donors (Lipinski definition) is 1. The summed E-state index contributed by atoms with van der Waals surface area (Å²) in [6.45, 7) is 9.66. The van der Waals surface area contributed by atoms with Crippen molar-refractivity contribution in [1.82, 2.24) is 15.1 Å². The van der Waals surface area contributed by atoms with Gasteiger partial charge < -0.3 is 19.5 Å². The summed E-state index contributed by atoms with van der Waals surface area (Å²) < 4.78 is 18.8. The Balaban J connectivity index is 1.48. The number of aromatic nitrogens is 2. The third-order valence-electron chi connectivity index (χ3n) is 7.63. The molecule has 1 aromatic heterocycles. The average molecular weight is 577 g/mol. The number of amides is 2. The molecule has 1 fully saturated rings. The van der Waals surface area contributed by atoms with Crippen LogP contribution in [-0.4, -0.2) is 59.9 Å². The van der Waals surface area contributed by atoms with E-state index in [9.17, 15) is 9.59 Å². The van der Waals surface area contributed by atoms with Crippen molar-refractivity contribution in [3.05, 3.63) is 64.8 Å². The molecular weight excluding hydrogens is 540 g/mol. The van der Waals surface area contributed by atoms with Crippen LogP contribution >= 0.6 is 11.8 Å². The summed E-state index contributed by atoms with van der Waals surface area (Å²) in [5.41, 5.74) is 4.42. The van der Waals surface area contributed by atoms with Crippen LogP contribution in [0.15, 0.2) is 42.5 Å². The maximum Gasteiger partial charge on any atom is 0.240 e. The number of anilines is 1. The van der Waals surface area contributed by atoms with Gasteiger partial charge in [-0.05, 0) is 49.6 Å². The lowest BCUT2D eigenvalue weighted by Gasteiger charge is -2.25. The van der Waals surface area contributed by atoms with Crippen molar-refractivity contribution in [2.75, 3.05) is 37.1 Å². The first-order valence-electron chi connectivity index (χ1n) is 14.1. The Bertz CT molecular complexity index is 1460. The highest BCUT2D eigenvalue weighted by Crippen LogP contribution is 2.49. The number of aryl methyl sites for hydroxylation is 1. The Morgan fingerprint density at radius 2 is 1.90 bits per heavy atom. The predicted molar refractivity (Wildman–Crippen MR) is 158 cm³/mol. The fraction of sp³-hybridized carbons (Fsp3) is 0.452. The van der Waals surface area contributed by atoms with Gasteiger partial charge in [-0.15, -0.1) is 11.8 Å². The number of carbonyl (C=O) groups excluding carboxylic acids is 2. The van der Waals surface area contributed by atoms with Crippen molar-refractivity contribution < 1.29 is 23.8 Å². The minimum absolute atomic E-state index is 0.0193. The van der Waals surface area contributed by atoms with Gasteiger partial charge in [0, 0.05) is 24.1 Å². The molecule has 2 aromatic carbocycles. The maximum atomic E-state index is 13.8. The van der Waals surface area contributed by atoms with Crippen molar-refractivity contribution in [3.63, 3.8) is 0 Å². The predicted octanol–water partition coefficient (Wildman–Crippen LogP) is 4.67. The van der Waals surface area contributed by atoms with Crippen LogP contribution in [0.4, 0.5) is 5.82 Å². The third-order valence-corrected chi connectivity index (χ3v) is 8.88. The highest BCUT2D eigenvalue weighted by Gasteiger charge is 2.40.